The summed E-state index contributed by atoms with van der Waals surface area (Å²) in [5.41, 5.74) is 8.39. The summed E-state index contributed by atoms with van der Waals surface area (Å²) < 4.78 is 11.4. The molecule has 2 rings (SSSR count). The highest BCUT2D eigenvalue weighted by molar-refractivity contribution is 6.31. The molecule has 0 fully saturated rings. The molecular weight excluding hydrogens is 250 g/mol. The molecule has 0 aliphatic heterocycles. The average molecular weight is 270 g/mol. The minimum Gasteiger partial charge on any atom is -0.490 e. The lowest BCUT2D eigenvalue weighted by atomic mass is 9.87. The Morgan fingerprint density at radius 2 is 2.06 bits per heavy atom. The van der Waals surface area contributed by atoms with Crippen LogP contribution in [0.15, 0.2) is 6.07 Å². The van der Waals surface area contributed by atoms with E-state index in [0.29, 0.717) is 19.0 Å². The Hall–Kier alpha value is -0.930. The Morgan fingerprint density at radius 1 is 1.33 bits per heavy atom. The van der Waals surface area contributed by atoms with E-state index in [1.54, 1.807) is 0 Å². The van der Waals surface area contributed by atoms with Crippen molar-refractivity contribution in [3.63, 3.8) is 0 Å². The predicted octanol–water partition coefficient (Wildman–Crippen LogP) is 3.47. The average Bonchev–Trinajstić information content (AvgIpc) is 2.35. The van der Waals surface area contributed by atoms with Gasteiger partial charge in [-0.1, -0.05) is 11.6 Å². The maximum Gasteiger partial charge on any atom is 0.166 e. The van der Waals surface area contributed by atoms with Crippen molar-refractivity contribution >= 4 is 11.6 Å². The van der Waals surface area contributed by atoms with Crippen LogP contribution in [-0.4, -0.2) is 13.2 Å². The van der Waals surface area contributed by atoms with Crippen molar-refractivity contribution in [1.29, 1.82) is 0 Å². The summed E-state index contributed by atoms with van der Waals surface area (Å²) in [6, 6.07) is 1.85. The second-order valence-corrected chi connectivity index (χ2v) is 4.85. The second kappa shape index (κ2) is 5.81. The highest BCUT2D eigenvalue weighted by atomic mass is 35.5. The van der Waals surface area contributed by atoms with Crippen molar-refractivity contribution in [3.05, 3.63) is 22.2 Å². The van der Waals surface area contributed by atoms with Gasteiger partial charge in [-0.15, -0.1) is 0 Å². The molecule has 1 aromatic rings. The van der Waals surface area contributed by atoms with Gasteiger partial charge in [-0.3, -0.25) is 0 Å². The number of hydrogen-bond donors (Lipinski definition) is 1. The van der Waals surface area contributed by atoms with Crippen molar-refractivity contribution in [3.8, 4) is 11.5 Å². The molecule has 100 valence electrons. The molecule has 0 unspecified atom stereocenters. The molecular formula is C14H20ClNO2. The number of rotatable bonds is 4. The molecule has 0 amide bonds. The van der Waals surface area contributed by atoms with Crippen molar-refractivity contribution in [2.45, 2.75) is 39.2 Å². The fourth-order valence-corrected chi connectivity index (χ4v) is 2.81. The summed E-state index contributed by atoms with van der Waals surface area (Å²) in [6.07, 6.45) is 3.01. The van der Waals surface area contributed by atoms with E-state index in [2.05, 4.69) is 0 Å². The number of hydrogen-bond acceptors (Lipinski definition) is 3. The quantitative estimate of drug-likeness (QED) is 0.910. The van der Waals surface area contributed by atoms with Gasteiger partial charge in [0.1, 0.15) is 0 Å². The maximum atomic E-state index is 6.33. The van der Waals surface area contributed by atoms with Gasteiger partial charge in [-0.25, -0.2) is 0 Å². The molecule has 4 heteroatoms. The molecule has 1 aromatic carbocycles. The predicted molar refractivity (Wildman–Crippen MR) is 73.7 cm³/mol. The van der Waals surface area contributed by atoms with Gasteiger partial charge in [0.25, 0.3) is 0 Å². The summed E-state index contributed by atoms with van der Waals surface area (Å²) >= 11 is 6.33. The van der Waals surface area contributed by atoms with Crippen LogP contribution in [-0.2, 0) is 6.42 Å². The first-order valence-electron chi connectivity index (χ1n) is 6.55. The van der Waals surface area contributed by atoms with E-state index in [4.69, 9.17) is 26.8 Å². The molecule has 0 aromatic heterocycles. The van der Waals surface area contributed by atoms with Crippen LogP contribution < -0.4 is 15.2 Å². The number of halogens is 1. The first-order valence-corrected chi connectivity index (χ1v) is 6.93. The summed E-state index contributed by atoms with van der Waals surface area (Å²) in [6.45, 7) is 5.10. The van der Waals surface area contributed by atoms with Crippen LogP contribution in [0.2, 0.25) is 5.02 Å². The number of fused-ring (bicyclic) bond motifs is 1. The van der Waals surface area contributed by atoms with Crippen molar-refractivity contribution < 1.29 is 9.47 Å². The van der Waals surface area contributed by atoms with E-state index in [0.717, 1.165) is 41.2 Å². The highest BCUT2D eigenvalue weighted by Crippen LogP contribution is 2.45. The Bertz CT molecular complexity index is 434. The fourth-order valence-electron chi connectivity index (χ4n) is 2.51. The third kappa shape index (κ3) is 2.43. The maximum absolute atomic E-state index is 6.33. The molecule has 0 bridgehead atoms. The van der Waals surface area contributed by atoms with Gasteiger partial charge >= 0.3 is 0 Å². The monoisotopic (exact) mass is 269 g/mol. The highest BCUT2D eigenvalue weighted by Gasteiger charge is 2.26. The molecule has 0 radical (unpaired) electrons. The molecule has 0 saturated heterocycles. The van der Waals surface area contributed by atoms with Crippen LogP contribution >= 0.6 is 11.6 Å². The zero-order valence-electron chi connectivity index (χ0n) is 11.0. The number of nitrogens with two attached hydrogens (primary N) is 1. The number of benzene rings is 1. The second-order valence-electron chi connectivity index (χ2n) is 4.44. The zero-order chi connectivity index (χ0) is 13.1. The summed E-state index contributed by atoms with van der Waals surface area (Å²) in [5, 5.41) is 0.743. The van der Waals surface area contributed by atoms with Gasteiger partial charge in [-0.05, 0) is 38.7 Å². The van der Waals surface area contributed by atoms with E-state index in [1.807, 2.05) is 19.9 Å². The smallest absolute Gasteiger partial charge is 0.166 e. The number of ether oxygens (including phenoxy) is 2. The lowest BCUT2D eigenvalue weighted by Crippen LogP contribution is -2.20. The first-order chi connectivity index (χ1) is 8.69. The minimum absolute atomic E-state index is 0.00629. The molecule has 0 spiro atoms. The van der Waals surface area contributed by atoms with E-state index in [-0.39, 0.29) is 6.04 Å². The van der Waals surface area contributed by atoms with E-state index >= 15 is 0 Å². The SMILES string of the molecule is CCOc1cc(Cl)c2c(c1OCC)[C@@H](N)CCC2. The lowest BCUT2D eigenvalue weighted by molar-refractivity contribution is 0.282. The minimum atomic E-state index is -0.00629. The van der Waals surface area contributed by atoms with Crippen molar-refractivity contribution in [2.75, 3.05) is 13.2 Å². The van der Waals surface area contributed by atoms with E-state index in [9.17, 15) is 0 Å². The Labute approximate surface area is 113 Å². The normalized spacial score (nSPS) is 18.3. The summed E-state index contributed by atoms with van der Waals surface area (Å²) in [4.78, 5) is 0. The van der Waals surface area contributed by atoms with Crippen LogP contribution in [0.25, 0.3) is 0 Å². The van der Waals surface area contributed by atoms with Gasteiger partial charge in [0.05, 0.1) is 13.2 Å². The molecule has 2 N–H and O–H groups in total. The third-order valence-electron chi connectivity index (χ3n) is 3.24. The third-order valence-corrected chi connectivity index (χ3v) is 3.58. The van der Waals surface area contributed by atoms with Crippen LogP contribution in [0.1, 0.15) is 43.9 Å². The van der Waals surface area contributed by atoms with E-state index in [1.165, 1.54) is 0 Å². The van der Waals surface area contributed by atoms with Gasteiger partial charge in [-0.2, -0.15) is 0 Å². The lowest BCUT2D eigenvalue weighted by Gasteiger charge is -2.27. The molecule has 3 nitrogen and oxygen atoms in total. The first kappa shape index (κ1) is 13.5. The molecule has 18 heavy (non-hydrogen) atoms. The Kier molecular flexibility index (Phi) is 4.36. The van der Waals surface area contributed by atoms with Gasteiger partial charge < -0.3 is 15.2 Å². The Morgan fingerprint density at radius 3 is 2.72 bits per heavy atom. The molecule has 1 aliphatic rings. The summed E-state index contributed by atoms with van der Waals surface area (Å²) in [5.74, 6) is 1.49. The largest absolute Gasteiger partial charge is 0.490 e. The Balaban J connectivity index is 2.56. The zero-order valence-corrected chi connectivity index (χ0v) is 11.7. The van der Waals surface area contributed by atoms with Crippen LogP contribution in [0, 0.1) is 0 Å². The van der Waals surface area contributed by atoms with Crippen LogP contribution in [0.4, 0.5) is 0 Å². The van der Waals surface area contributed by atoms with Crippen LogP contribution in [0.5, 0.6) is 11.5 Å². The van der Waals surface area contributed by atoms with Gasteiger partial charge in [0.2, 0.25) is 0 Å². The molecule has 0 saturated carbocycles. The topological polar surface area (TPSA) is 44.5 Å². The van der Waals surface area contributed by atoms with Crippen molar-refractivity contribution in [1.82, 2.24) is 0 Å². The van der Waals surface area contributed by atoms with Crippen molar-refractivity contribution in [2.24, 2.45) is 5.73 Å². The van der Waals surface area contributed by atoms with Gasteiger partial charge in [0, 0.05) is 22.7 Å². The standard InChI is InChI=1S/C14H20ClNO2/c1-3-17-12-8-10(15)9-6-5-7-11(16)13(9)14(12)18-4-2/h8,11H,3-7,16H2,1-2H3/t11-/m0/s1. The van der Waals surface area contributed by atoms with Gasteiger partial charge in [0.15, 0.2) is 11.5 Å². The van der Waals surface area contributed by atoms with E-state index < -0.39 is 0 Å². The molecule has 1 atom stereocenters. The fraction of sp³-hybridized carbons (Fsp3) is 0.571. The summed E-state index contributed by atoms with van der Waals surface area (Å²) in [7, 11) is 0. The van der Waals surface area contributed by atoms with Crippen LogP contribution in [0.3, 0.4) is 0 Å². The molecule has 0 heterocycles. The molecule has 1 aliphatic carbocycles.